The molecule has 1 atom stereocenters. The summed E-state index contributed by atoms with van der Waals surface area (Å²) in [5.74, 6) is 1.02. The monoisotopic (exact) mass is 410 g/mol. The van der Waals surface area contributed by atoms with E-state index in [4.69, 9.17) is 4.74 Å². The number of hydrogen-bond donors (Lipinski definition) is 1. The molecule has 0 aliphatic carbocycles. The van der Waals surface area contributed by atoms with Crippen LogP contribution in [0.15, 0.2) is 72.8 Å². The highest BCUT2D eigenvalue weighted by molar-refractivity contribution is 5.97. The van der Waals surface area contributed by atoms with Gasteiger partial charge in [-0.15, -0.1) is 0 Å². The summed E-state index contributed by atoms with van der Waals surface area (Å²) < 4.78 is 5.31. The molecule has 0 saturated heterocycles. The maximum Gasteiger partial charge on any atom is 0.227 e. The number of rotatable bonds is 5. The number of carbonyl (C=O) groups is 1. The molecule has 156 valence electrons. The van der Waals surface area contributed by atoms with Crippen LogP contribution in [0.1, 0.15) is 24.5 Å². The average molecular weight is 411 g/mol. The van der Waals surface area contributed by atoms with Crippen molar-refractivity contribution in [3.8, 4) is 17.0 Å². The molecule has 0 fully saturated rings. The predicted octanol–water partition coefficient (Wildman–Crippen LogP) is 5.75. The number of carbonyl (C=O) groups excluding carboxylic acids is 1. The van der Waals surface area contributed by atoms with Crippen molar-refractivity contribution in [3.63, 3.8) is 0 Å². The molecule has 3 aromatic carbocycles. The number of fused-ring (bicyclic) bond motifs is 2. The number of H-pyrrole nitrogens is 1. The second-order valence-corrected chi connectivity index (χ2v) is 8.20. The zero-order valence-electron chi connectivity index (χ0n) is 17.9. The van der Waals surface area contributed by atoms with Crippen molar-refractivity contribution >= 4 is 22.5 Å². The van der Waals surface area contributed by atoms with Gasteiger partial charge >= 0.3 is 0 Å². The molecule has 1 unspecified atom stereocenters. The third-order valence-electron chi connectivity index (χ3n) is 6.26. The highest BCUT2D eigenvalue weighted by atomic mass is 16.5. The number of hydrogen-bond acceptors (Lipinski definition) is 2. The Labute approximate surface area is 182 Å². The first-order chi connectivity index (χ1) is 15.2. The van der Waals surface area contributed by atoms with Crippen LogP contribution in [0.25, 0.3) is 22.2 Å². The third kappa shape index (κ3) is 3.48. The number of nitrogens with zero attached hydrogens (tertiary/aromatic N) is 1. The second-order valence-electron chi connectivity index (χ2n) is 8.20. The Morgan fingerprint density at radius 1 is 1.03 bits per heavy atom. The Kier molecular flexibility index (Phi) is 4.99. The Balaban J connectivity index is 1.45. The van der Waals surface area contributed by atoms with Crippen LogP contribution in [0, 0.1) is 0 Å². The van der Waals surface area contributed by atoms with E-state index in [1.807, 2.05) is 35.2 Å². The van der Waals surface area contributed by atoms with Gasteiger partial charge in [-0.05, 0) is 72.9 Å². The summed E-state index contributed by atoms with van der Waals surface area (Å²) in [5.41, 5.74) is 6.78. The first-order valence-electron chi connectivity index (χ1n) is 10.8. The van der Waals surface area contributed by atoms with Crippen molar-refractivity contribution in [2.24, 2.45) is 0 Å². The maximum absolute atomic E-state index is 13.3. The summed E-state index contributed by atoms with van der Waals surface area (Å²) in [6.07, 6.45) is 2.09. The van der Waals surface area contributed by atoms with Gasteiger partial charge in [-0.25, -0.2) is 0 Å². The lowest BCUT2D eigenvalue weighted by Gasteiger charge is -2.23. The topological polar surface area (TPSA) is 45.3 Å². The Hall–Kier alpha value is -3.53. The molecule has 4 nitrogen and oxygen atoms in total. The molecular formula is C27H26N2O2. The Morgan fingerprint density at radius 2 is 1.77 bits per heavy atom. The van der Waals surface area contributed by atoms with E-state index in [9.17, 15) is 4.79 Å². The van der Waals surface area contributed by atoms with E-state index in [1.165, 1.54) is 16.5 Å². The molecule has 5 rings (SSSR count). The molecule has 4 aromatic rings. The summed E-state index contributed by atoms with van der Waals surface area (Å²) in [7, 11) is 1.67. The molecule has 1 N–H and O–H groups in total. The number of benzene rings is 3. The maximum atomic E-state index is 13.3. The van der Waals surface area contributed by atoms with E-state index in [0.717, 1.165) is 34.6 Å². The quantitative estimate of drug-likeness (QED) is 0.455. The van der Waals surface area contributed by atoms with Gasteiger partial charge in [-0.2, -0.15) is 0 Å². The molecule has 2 heterocycles. The number of aromatic amines is 1. The SMILES string of the molecule is COc1ccc(-c2[nH]c3ccccc3c2CCC(=O)N2c3ccccc3CC2C)cc1. The number of nitrogens with one attached hydrogen (secondary N) is 1. The van der Waals surface area contributed by atoms with E-state index in [2.05, 4.69) is 54.4 Å². The second kappa shape index (κ2) is 7.95. The van der Waals surface area contributed by atoms with Crippen LogP contribution in [0.5, 0.6) is 5.75 Å². The van der Waals surface area contributed by atoms with E-state index in [0.29, 0.717) is 12.8 Å². The van der Waals surface area contributed by atoms with Crippen LogP contribution < -0.4 is 9.64 Å². The lowest BCUT2D eigenvalue weighted by atomic mass is 10.0. The fourth-order valence-electron chi connectivity index (χ4n) is 4.76. The van der Waals surface area contributed by atoms with Crippen LogP contribution in [0.4, 0.5) is 5.69 Å². The van der Waals surface area contributed by atoms with E-state index in [-0.39, 0.29) is 11.9 Å². The van der Waals surface area contributed by atoms with Crippen LogP contribution in [-0.2, 0) is 17.6 Å². The van der Waals surface area contributed by atoms with Gasteiger partial charge in [0.25, 0.3) is 0 Å². The highest BCUT2D eigenvalue weighted by Gasteiger charge is 2.30. The fraction of sp³-hybridized carbons (Fsp3) is 0.222. The minimum absolute atomic E-state index is 0.184. The molecule has 31 heavy (non-hydrogen) atoms. The van der Waals surface area contributed by atoms with Gasteiger partial charge in [0.05, 0.1) is 7.11 Å². The lowest BCUT2D eigenvalue weighted by Crippen LogP contribution is -2.35. The van der Waals surface area contributed by atoms with Crippen molar-refractivity contribution < 1.29 is 9.53 Å². The first-order valence-corrected chi connectivity index (χ1v) is 10.8. The Morgan fingerprint density at radius 3 is 2.58 bits per heavy atom. The molecule has 0 bridgehead atoms. The molecule has 0 radical (unpaired) electrons. The number of aromatic nitrogens is 1. The van der Waals surface area contributed by atoms with Crippen molar-refractivity contribution in [3.05, 3.63) is 83.9 Å². The summed E-state index contributed by atoms with van der Waals surface area (Å²) in [6, 6.07) is 24.8. The average Bonchev–Trinajstić information content (AvgIpc) is 3.34. The van der Waals surface area contributed by atoms with Crippen LogP contribution in [0.2, 0.25) is 0 Å². The van der Waals surface area contributed by atoms with Gasteiger partial charge in [-0.1, -0.05) is 36.4 Å². The summed E-state index contributed by atoms with van der Waals surface area (Å²) in [6.45, 7) is 2.13. The van der Waals surface area contributed by atoms with Gasteiger partial charge in [-0.3, -0.25) is 4.79 Å². The van der Waals surface area contributed by atoms with E-state index < -0.39 is 0 Å². The molecular weight excluding hydrogens is 384 g/mol. The number of para-hydroxylation sites is 2. The van der Waals surface area contributed by atoms with E-state index in [1.54, 1.807) is 7.11 Å². The number of anilines is 1. The van der Waals surface area contributed by atoms with Crippen molar-refractivity contribution in [1.29, 1.82) is 0 Å². The van der Waals surface area contributed by atoms with Gasteiger partial charge in [0.2, 0.25) is 5.91 Å². The van der Waals surface area contributed by atoms with Crippen molar-refractivity contribution in [2.45, 2.75) is 32.2 Å². The number of amides is 1. The summed E-state index contributed by atoms with van der Waals surface area (Å²) in [5, 5.41) is 1.18. The lowest BCUT2D eigenvalue weighted by molar-refractivity contribution is -0.118. The molecule has 1 aliphatic rings. The van der Waals surface area contributed by atoms with Gasteiger partial charge in [0.1, 0.15) is 5.75 Å². The molecule has 0 spiro atoms. The molecule has 0 saturated carbocycles. The normalized spacial score (nSPS) is 15.3. The largest absolute Gasteiger partial charge is 0.497 e. The molecule has 1 aromatic heterocycles. The number of methoxy groups -OCH3 is 1. The van der Waals surface area contributed by atoms with Gasteiger partial charge < -0.3 is 14.6 Å². The smallest absolute Gasteiger partial charge is 0.227 e. The van der Waals surface area contributed by atoms with Crippen LogP contribution >= 0.6 is 0 Å². The minimum Gasteiger partial charge on any atom is -0.497 e. The highest BCUT2D eigenvalue weighted by Crippen LogP contribution is 2.35. The zero-order chi connectivity index (χ0) is 21.4. The molecule has 1 aliphatic heterocycles. The van der Waals surface area contributed by atoms with E-state index >= 15 is 0 Å². The number of aryl methyl sites for hydroxylation is 1. The first kappa shape index (κ1) is 19.4. The fourth-order valence-corrected chi connectivity index (χ4v) is 4.76. The molecule has 1 amide bonds. The Bertz CT molecular complexity index is 1240. The zero-order valence-corrected chi connectivity index (χ0v) is 17.9. The van der Waals surface area contributed by atoms with Crippen molar-refractivity contribution in [2.75, 3.05) is 12.0 Å². The summed E-state index contributed by atoms with van der Waals surface area (Å²) >= 11 is 0. The minimum atomic E-state index is 0.184. The third-order valence-corrected chi connectivity index (χ3v) is 6.26. The predicted molar refractivity (Wildman–Crippen MR) is 126 cm³/mol. The number of ether oxygens (including phenoxy) is 1. The van der Waals surface area contributed by atoms with Gasteiger partial charge in [0.15, 0.2) is 0 Å². The van der Waals surface area contributed by atoms with Gasteiger partial charge in [0, 0.05) is 34.7 Å². The standard InChI is InChI=1S/C27H26N2O2/c1-18-17-20-7-3-6-10-25(20)29(18)26(30)16-15-23-22-8-4-5-9-24(22)28-27(23)19-11-13-21(31-2)14-12-19/h3-14,18,28H,15-17H2,1-2H3. The summed E-state index contributed by atoms with van der Waals surface area (Å²) in [4.78, 5) is 18.8. The van der Waals surface area contributed by atoms with Crippen LogP contribution in [-0.4, -0.2) is 24.0 Å². The van der Waals surface area contributed by atoms with Crippen LogP contribution in [0.3, 0.4) is 0 Å². The molecule has 4 heteroatoms. The van der Waals surface area contributed by atoms with Crippen molar-refractivity contribution in [1.82, 2.24) is 4.98 Å².